The molecule has 3 rings (SSSR count). The van der Waals surface area contributed by atoms with Gasteiger partial charge in [0.2, 0.25) is 9.47 Å². The molecule has 0 aliphatic rings. The van der Waals surface area contributed by atoms with Crippen molar-refractivity contribution in [3.63, 3.8) is 0 Å². The Morgan fingerprint density at radius 1 is 1.10 bits per heavy atom. The molecule has 0 saturated heterocycles. The third-order valence-corrected chi connectivity index (χ3v) is 7.03. The number of nitrogens with one attached hydrogen (secondary N) is 2. The van der Waals surface area contributed by atoms with E-state index in [9.17, 15) is 13.2 Å². The Balaban J connectivity index is 1.55. The van der Waals surface area contributed by atoms with Crippen LogP contribution in [0.3, 0.4) is 0 Å². The number of carbonyl (C=O) groups excluding carboxylic acids is 1. The summed E-state index contributed by atoms with van der Waals surface area (Å²) in [7, 11) is -3.79. The van der Waals surface area contributed by atoms with E-state index in [1.807, 2.05) is 31.2 Å². The number of halogens is 1. The van der Waals surface area contributed by atoms with Crippen LogP contribution in [0.1, 0.15) is 27.9 Å². The van der Waals surface area contributed by atoms with Crippen LogP contribution in [0.4, 0.5) is 5.13 Å². The summed E-state index contributed by atoms with van der Waals surface area (Å²) in [5.74, 6) is -0.484. The molecule has 1 aromatic heterocycles. The molecule has 1 heterocycles. The summed E-state index contributed by atoms with van der Waals surface area (Å²) in [5, 5.41) is 10.3. The SMILES string of the molecule is Cc1ccc(CCCNS(=O)(=O)c2nnc(NC(=O)c3ccccc3Cl)s2)cc1. The number of amides is 1. The zero-order valence-electron chi connectivity index (χ0n) is 15.6. The van der Waals surface area contributed by atoms with Crippen LogP contribution in [0.25, 0.3) is 0 Å². The molecule has 0 spiro atoms. The van der Waals surface area contributed by atoms with Crippen LogP contribution in [-0.4, -0.2) is 31.1 Å². The minimum absolute atomic E-state index is 0.0787. The van der Waals surface area contributed by atoms with E-state index in [1.54, 1.807) is 24.3 Å². The molecule has 0 aliphatic carbocycles. The highest BCUT2D eigenvalue weighted by Gasteiger charge is 2.21. The van der Waals surface area contributed by atoms with Gasteiger partial charge in [0.25, 0.3) is 15.9 Å². The maximum atomic E-state index is 12.4. The monoisotopic (exact) mass is 450 g/mol. The Morgan fingerprint density at radius 2 is 1.83 bits per heavy atom. The van der Waals surface area contributed by atoms with Gasteiger partial charge in [0.15, 0.2) is 0 Å². The van der Waals surface area contributed by atoms with E-state index in [4.69, 9.17) is 11.6 Å². The average Bonchev–Trinajstić information content (AvgIpc) is 3.16. The third kappa shape index (κ3) is 5.83. The topological polar surface area (TPSA) is 101 Å². The van der Waals surface area contributed by atoms with E-state index in [0.717, 1.165) is 23.3 Å². The first-order chi connectivity index (χ1) is 13.8. The van der Waals surface area contributed by atoms with Gasteiger partial charge in [-0.05, 0) is 37.5 Å². The molecule has 3 aromatic rings. The highest BCUT2D eigenvalue weighted by molar-refractivity contribution is 7.91. The van der Waals surface area contributed by atoms with Gasteiger partial charge in [0, 0.05) is 6.54 Å². The number of benzene rings is 2. The van der Waals surface area contributed by atoms with E-state index in [0.29, 0.717) is 6.42 Å². The van der Waals surface area contributed by atoms with E-state index in [-0.39, 0.29) is 26.6 Å². The maximum Gasteiger partial charge on any atom is 0.269 e. The van der Waals surface area contributed by atoms with E-state index < -0.39 is 15.9 Å². The zero-order chi connectivity index (χ0) is 20.9. The summed E-state index contributed by atoms with van der Waals surface area (Å²) in [5.41, 5.74) is 2.60. The Morgan fingerprint density at radius 3 is 2.55 bits per heavy atom. The van der Waals surface area contributed by atoms with Gasteiger partial charge in [0.05, 0.1) is 10.6 Å². The number of nitrogens with zero attached hydrogens (tertiary/aromatic N) is 2. The number of aromatic nitrogens is 2. The van der Waals surface area contributed by atoms with Gasteiger partial charge >= 0.3 is 0 Å². The zero-order valence-corrected chi connectivity index (χ0v) is 17.9. The first-order valence-electron chi connectivity index (χ1n) is 8.80. The first-order valence-corrected chi connectivity index (χ1v) is 11.5. The second-order valence-electron chi connectivity index (χ2n) is 6.29. The van der Waals surface area contributed by atoms with Gasteiger partial charge in [-0.25, -0.2) is 13.1 Å². The lowest BCUT2D eigenvalue weighted by molar-refractivity contribution is 0.102. The summed E-state index contributed by atoms with van der Waals surface area (Å²) in [6, 6.07) is 14.7. The fraction of sp³-hybridized carbons (Fsp3) is 0.211. The van der Waals surface area contributed by atoms with Crippen LogP contribution in [0.15, 0.2) is 52.9 Å². The Bertz CT molecular complexity index is 1100. The summed E-state index contributed by atoms with van der Waals surface area (Å²) in [6.45, 7) is 2.29. The van der Waals surface area contributed by atoms with Crippen molar-refractivity contribution >= 4 is 44.0 Å². The molecule has 0 bridgehead atoms. The van der Waals surface area contributed by atoms with Crippen molar-refractivity contribution in [1.82, 2.24) is 14.9 Å². The molecule has 2 aromatic carbocycles. The molecule has 0 aliphatic heterocycles. The lowest BCUT2D eigenvalue weighted by Crippen LogP contribution is -2.25. The number of sulfonamides is 1. The number of carbonyl (C=O) groups is 1. The summed E-state index contributed by atoms with van der Waals surface area (Å²) >= 11 is 6.76. The number of hydrogen-bond acceptors (Lipinski definition) is 6. The smallest absolute Gasteiger partial charge is 0.269 e. The van der Waals surface area contributed by atoms with Gasteiger partial charge in [-0.15, -0.1) is 10.2 Å². The molecule has 0 unspecified atom stereocenters. The molecule has 10 heteroatoms. The molecule has 0 fully saturated rings. The molecule has 29 heavy (non-hydrogen) atoms. The number of hydrogen-bond donors (Lipinski definition) is 2. The van der Waals surface area contributed by atoms with Crippen molar-refractivity contribution in [2.75, 3.05) is 11.9 Å². The Labute approximate surface area is 178 Å². The van der Waals surface area contributed by atoms with E-state index >= 15 is 0 Å². The molecule has 0 atom stereocenters. The van der Waals surface area contributed by atoms with Gasteiger partial charge in [0.1, 0.15) is 0 Å². The molecular formula is C19H19ClN4O3S2. The van der Waals surface area contributed by atoms with E-state index in [2.05, 4.69) is 20.2 Å². The predicted octanol–water partition coefficient (Wildman–Crippen LogP) is 3.66. The van der Waals surface area contributed by atoms with Crippen LogP contribution in [-0.2, 0) is 16.4 Å². The molecular weight excluding hydrogens is 432 g/mol. The standard InChI is InChI=1S/C19H19ClN4O3S2/c1-13-8-10-14(11-9-13)5-4-12-21-29(26,27)19-24-23-18(28-19)22-17(25)15-6-2-3-7-16(15)20/h2-3,6-11,21H,4-5,12H2,1H3,(H,22,23,25). The molecule has 7 nitrogen and oxygen atoms in total. The second-order valence-corrected chi connectivity index (χ2v) is 9.62. The van der Waals surface area contributed by atoms with Gasteiger partial charge in [-0.1, -0.05) is 64.9 Å². The van der Waals surface area contributed by atoms with Crippen molar-refractivity contribution in [3.8, 4) is 0 Å². The number of rotatable bonds is 8. The third-order valence-electron chi connectivity index (χ3n) is 4.03. The number of anilines is 1. The lowest BCUT2D eigenvalue weighted by Gasteiger charge is -2.04. The minimum atomic E-state index is -3.79. The normalized spacial score (nSPS) is 11.4. The second kappa shape index (κ2) is 9.45. The Hall–Kier alpha value is -2.33. The highest BCUT2D eigenvalue weighted by atomic mass is 35.5. The molecule has 1 amide bonds. The molecule has 0 saturated carbocycles. The van der Waals surface area contributed by atoms with Gasteiger partial charge in [-0.2, -0.15) is 0 Å². The summed E-state index contributed by atoms with van der Waals surface area (Å²) in [4.78, 5) is 12.2. The summed E-state index contributed by atoms with van der Waals surface area (Å²) in [6.07, 6.45) is 1.41. The van der Waals surface area contributed by atoms with Gasteiger partial charge in [-0.3, -0.25) is 10.1 Å². The van der Waals surface area contributed by atoms with Crippen LogP contribution >= 0.6 is 22.9 Å². The van der Waals surface area contributed by atoms with Gasteiger partial charge < -0.3 is 0 Å². The fourth-order valence-corrected chi connectivity index (χ4v) is 4.73. The van der Waals surface area contributed by atoms with Crippen LogP contribution in [0.2, 0.25) is 5.02 Å². The van der Waals surface area contributed by atoms with Crippen LogP contribution < -0.4 is 10.0 Å². The van der Waals surface area contributed by atoms with Crippen LogP contribution in [0, 0.1) is 6.92 Å². The molecule has 152 valence electrons. The lowest BCUT2D eigenvalue weighted by atomic mass is 10.1. The largest absolute Gasteiger partial charge is 0.296 e. The number of aryl methyl sites for hydroxylation is 2. The minimum Gasteiger partial charge on any atom is -0.296 e. The average molecular weight is 451 g/mol. The maximum absolute atomic E-state index is 12.4. The first kappa shape index (κ1) is 21.4. The Kier molecular flexibility index (Phi) is 6.96. The van der Waals surface area contributed by atoms with Crippen molar-refractivity contribution in [2.45, 2.75) is 24.1 Å². The van der Waals surface area contributed by atoms with Crippen molar-refractivity contribution in [1.29, 1.82) is 0 Å². The van der Waals surface area contributed by atoms with Crippen molar-refractivity contribution in [2.24, 2.45) is 0 Å². The van der Waals surface area contributed by atoms with Crippen molar-refractivity contribution < 1.29 is 13.2 Å². The fourth-order valence-electron chi connectivity index (χ4n) is 2.49. The van der Waals surface area contributed by atoms with Crippen LogP contribution in [0.5, 0.6) is 0 Å². The quantitative estimate of drug-likeness (QED) is 0.403. The van der Waals surface area contributed by atoms with Crippen molar-refractivity contribution in [3.05, 3.63) is 70.2 Å². The molecule has 2 N–H and O–H groups in total. The molecule has 0 radical (unpaired) electrons. The predicted molar refractivity (Wildman–Crippen MR) is 114 cm³/mol. The highest BCUT2D eigenvalue weighted by Crippen LogP contribution is 2.22. The van der Waals surface area contributed by atoms with E-state index in [1.165, 1.54) is 5.56 Å². The summed E-state index contributed by atoms with van der Waals surface area (Å²) < 4.78 is 27.1.